The SMILES string of the molecule is C[C@H]1COCSC1. The first-order chi connectivity index (χ1) is 3.39. The lowest BCUT2D eigenvalue weighted by Gasteiger charge is -2.16. The van der Waals surface area contributed by atoms with Crippen LogP contribution in [0.1, 0.15) is 6.92 Å². The first-order valence-corrected chi connectivity index (χ1v) is 3.70. The van der Waals surface area contributed by atoms with Gasteiger partial charge in [0.25, 0.3) is 0 Å². The Hall–Kier alpha value is 0.310. The monoisotopic (exact) mass is 118 g/mol. The van der Waals surface area contributed by atoms with Gasteiger partial charge in [0, 0.05) is 5.75 Å². The second-order valence-electron chi connectivity index (χ2n) is 1.96. The second-order valence-corrected chi connectivity index (χ2v) is 2.94. The zero-order valence-electron chi connectivity index (χ0n) is 4.52. The highest BCUT2D eigenvalue weighted by molar-refractivity contribution is 7.99. The molecule has 0 aromatic heterocycles. The molecule has 0 spiro atoms. The third kappa shape index (κ3) is 1.70. The molecule has 42 valence electrons. The first kappa shape index (κ1) is 5.45. The van der Waals surface area contributed by atoms with E-state index in [9.17, 15) is 0 Å². The lowest BCUT2D eigenvalue weighted by atomic mass is 10.2. The molecule has 1 fully saturated rings. The molecule has 0 saturated carbocycles. The lowest BCUT2D eigenvalue weighted by molar-refractivity contribution is 0.145. The number of rotatable bonds is 0. The zero-order chi connectivity index (χ0) is 5.11. The summed E-state index contributed by atoms with van der Waals surface area (Å²) < 4.78 is 5.14. The van der Waals surface area contributed by atoms with Gasteiger partial charge in [0.2, 0.25) is 0 Å². The predicted octanol–water partition coefficient (Wildman–Crippen LogP) is 1.34. The largest absolute Gasteiger partial charge is 0.371 e. The van der Waals surface area contributed by atoms with Gasteiger partial charge in [-0.3, -0.25) is 0 Å². The minimum absolute atomic E-state index is 0.777. The van der Waals surface area contributed by atoms with E-state index in [1.807, 2.05) is 11.8 Å². The lowest BCUT2D eigenvalue weighted by Crippen LogP contribution is -2.14. The van der Waals surface area contributed by atoms with Crippen molar-refractivity contribution in [3.8, 4) is 0 Å². The predicted molar refractivity (Wildman–Crippen MR) is 32.4 cm³/mol. The van der Waals surface area contributed by atoms with Crippen LogP contribution in [0.25, 0.3) is 0 Å². The minimum Gasteiger partial charge on any atom is -0.371 e. The summed E-state index contributed by atoms with van der Waals surface area (Å²) in [6.07, 6.45) is 0. The van der Waals surface area contributed by atoms with E-state index in [0.717, 1.165) is 18.5 Å². The van der Waals surface area contributed by atoms with E-state index < -0.39 is 0 Å². The highest BCUT2D eigenvalue weighted by Gasteiger charge is 2.06. The Morgan fingerprint density at radius 3 is 2.86 bits per heavy atom. The van der Waals surface area contributed by atoms with Crippen LogP contribution >= 0.6 is 11.8 Å². The topological polar surface area (TPSA) is 9.23 Å². The molecule has 1 heterocycles. The minimum atomic E-state index is 0.777. The van der Waals surface area contributed by atoms with Crippen molar-refractivity contribution in [2.45, 2.75) is 6.92 Å². The summed E-state index contributed by atoms with van der Waals surface area (Å²) in [6, 6.07) is 0. The van der Waals surface area contributed by atoms with Gasteiger partial charge in [0.05, 0.1) is 12.5 Å². The maximum atomic E-state index is 5.14. The van der Waals surface area contributed by atoms with Crippen molar-refractivity contribution in [1.29, 1.82) is 0 Å². The van der Waals surface area contributed by atoms with Crippen LogP contribution in [0.15, 0.2) is 0 Å². The summed E-state index contributed by atoms with van der Waals surface area (Å²) in [5, 5.41) is 0. The summed E-state index contributed by atoms with van der Waals surface area (Å²) in [5.74, 6) is 2.96. The average Bonchev–Trinajstić information content (AvgIpc) is 1.69. The molecule has 0 aliphatic carbocycles. The fraction of sp³-hybridized carbons (Fsp3) is 1.00. The summed E-state index contributed by atoms with van der Waals surface area (Å²) >= 11 is 1.88. The van der Waals surface area contributed by atoms with Crippen molar-refractivity contribution in [3.63, 3.8) is 0 Å². The van der Waals surface area contributed by atoms with Crippen LogP contribution in [0, 0.1) is 5.92 Å². The van der Waals surface area contributed by atoms with Gasteiger partial charge in [-0.2, -0.15) is 0 Å². The Morgan fingerprint density at radius 2 is 2.57 bits per heavy atom. The average molecular weight is 118 g/mol. The molecule has 1 atom stereocenters. The molecule has 0 bridgehead atoms. The molecular weight excluding hydrogens is 108 g/mol. The number of thioether (sulfide) groups is 1. The highest BCUT2D eigenvalue weighted by atomic mass is 32.2. The van der Waals surface area contributed by atoms with Crippen molar-refractivity contribution in [2.24, 2.45) is 5.92 Å². The Labute approximate surface area is 48.4 Å². The zero-order valence-corrected chi connectivity index (χ0v) is 5.33. The molecule has 1 aliphatic heterocycles. The molecule has 0 aromatic rings. The molecule has 1 rings (SSSR count). The van der Waals surface area contributed by atoms with Crippen molar-refractivity contribution < 1.29 is 4.74 Å². The van der Waals surface area contributed by atoms with Crippen LogP contribution < -0.4 is 0 Å². The van der Waals surface area contributed by atoms with Crippen molar-refractivity contribution >= 4 is 11.8 Å². The smallest absolute Gasteiger partial charge is 0.0921 e. The van der Waals surface area contributed by atoms with Crippen LogP contribution in [0.2, 0.25) is 0 Å². The maximum Gasteiger partial charge on any atom is 0.0921 e. The van der Waals surface area contributed by atoms with Gasteiger partial charge < -0.3 is 4.74 Å². The number of ether oxygens (including phenoxy) is 1. The van der Waals surface area contributed by atoms with Gasteiger partial charge in [0.15, 0.2) is 0 Å². The van der Waals surface area contributed by atoms with Gasteiger partial charge in [0.1, 0.15) is 0 Å². The Bertz CT molecular complexity index is 50.0. The van der Waals surface area contributed by atoms with Crippen LogP contribution in [-0.4, -0.2) is 18.3 Å². The van der Waals surface area contributed by atoms with Crippen molar-refractivity contribution in [3.05, 3.63) is 0 Å². The van der Waals surface area contributed by atoms with Gasteiger partial charge in [-0.25, -0.2) is 0 Å². The Morgan fingerprint density at radius 1 is 1.71 bits per heavy atom. The molecular formula is C5H10OS. The van der Waals surface area contributed by atoms with Crippen LogP contribution in [0.5, 0.6) is 0 Å². The molecule has 0 aromatic carbocycles. The van der Waals surface area contributed by atoms with Crippen molar-refractivity contribution in [1.82, 2.24) is 0 Å². The third-order valence-corrected chi connectivity index (χ3v) is 2.11. The van der Waals surface area contributed by atoms with Crippen LogP contribution in [0.4, 0.5) is 0 Å². The van der Waals surface area contributed by atoms with Gasteiger partial charge >= 0.3 is 0 Å². The summed E-state index contributed by atoms with van der Waals surface area (Å²) in [5.41, 5.74) is 0. The highest BCUT2D eigenvalue weighted by Crippen LogP contribution is 2.14. The summed E-state index contributed by atoms with van der Waals surface area (Å²) in [7, 11) is 0. The molecule has 0 unspecified atom stereocenters. The van der Waals surface area contributed by atoms with Crippen LogP contribution in [-0.2, 0) is 4.74 Å². The quantitative estimate of drug-likeness (QED) is 0.474. The molecule has 0 N–H and O–H groups in total. The standard InChI is InChI=1S/C5H10OS/c1-5-2-6-4-7-3-5/h5H,2-4H2,1H3/t5-/m0/s1. The Balaban J connectivity index is 2.12. The van der Waals surface area contributed by atoms with E-state index in [2.05, 4.69) is 6.92 Å². The number of hydrogen-bond donors (Lipinski definition) is 0. The molecule has 0 amide bonds. The van der Waals surface area contributed by atoms with Gasteiger partial charge in [-0.15, -0.1) is 11.8 Å². The van der Waals surface area contributed by atoms with E-state index in [4.69, 9.17) is 4.74 Å². The summed E-state index contributed by atoms with van der Waals surface area (Å²) in [6.45, 7) is 3.18. The Kier molecular flexibility index (Phi) is 2.00. The third-order valence-electron chi connectivity index (χ3n) is 0.971. The summed E-state index contributed by atoms with van der Waals surface area (Å²) in [4.78, 5) is 0. The van der Waals surface area contributed by atoms with E-state index in [0.29, 0.717) is 0 Å². The van der Waals surface area contributed by atoms with E-state index in [1.165, 1.54) is 5.75 Å². The molecule has 1 aliphatic rings. The second kappa shape index (κ2) is 2.58. The van der Waals surface area contributed by atoms with E-state index in [-0.39, 0.29) is 0 Å². The van der Waals surface area contributed by atoms with E-state index in [1.54, 1.807) is 0 Å². The van der Waals surface area contributed by atoms with E-state index >= 15 is 0 Å². The molecule has 0 radical (unpaired) electrons. The number of hydrogen-bond acceptors (Lipinski definition) is 2. The van der Waals surface area contributed by atoms with Crippen LogP contribution in [0.3, 0.4) is 0 Å². The fourth-order valence-electron chi connectivity index (χ4n) is 0.606. The first-order valence-electron chi connectivity index (χ1n) is 2.55. The molecule has 2 heteroatoms. The van der Waals surface area contributed by atoms with Crippen molar-refractivity contribution in [2.75, 3.05) is 18.3 Å². The molecule has 7 heavy (non-hydrogen) atoms. The maximum absolute atomic E-state index is 5.14. The molecule has 1 saturated heterocycles. The normalized spacial score (nSPS) is 33.0. The molecule has 1 nitrogen and oxygen atoms in total. The van der Waals surface area contributed by atoms with Gasteiger partial charge in [-0.1, -0.05) is 6.92 Å². The fourth-order valence-corrected chi connectivity index (χ4v) is 1.41. The van der Waals surface area contributed by atoms with Gasteiger partial charge in [-0.05, 0) is 5.92 Å².